The predicted octanol–water partition coefficient (Wildman–Crippen LogP) is 0.277. The van der Waals surface area contributed by atoms with Crippen molar-refractivity contribution in [1.82, 2.24) is 5.32 Å². The number of carbonyl (C=O) groups excluding carboxylic acids is 1. The van der Waals surface area contributed by atoms with E-state index < -0.39 is 6.17 Å². The largest absolute Gasteiger partial charge is 0.313 e. The Morgan fingerprint density at radius 3 is 3.22 bits per heavy atom. The highest BCUT2D eigenvalue weighted by molar-refractivity contribution is 5.83. The third kappa shape index (κ3) is 1.75. The van der Waals surface area contributed by atoms with Gasteiger partial charge in [-0.05, 0) is 13.0 Å². The number of nitrogens with one attached hydrogen (secondary N) is 1. The Morgan fingerprint density at radius 2 is 2.44 bits per heavy atom. The molecule has 1 heterocycles. The van der Waals surface area contributed by atoms with Crippen molar-refractivity contribution in [1.29, 1.82) is 0 Å². The summed E-state index contributed by atoms with van der Waals surface area (Å²) < 4.78 is 12.4. The molecule has 0 saturated carbocycles. The number of hydrogen-bond acceptors (Lipinski definition) is 2. The molecule has 9 heavy (non-hydrogen) atoms. The fourth-order valence-electron chi connectivity index (χ4n) is 0.887. The maximum Gasteiger partial charge on any atom is 0.170 e. The van der Waals surface area contributed by atoms with Gasteiger partial charge < -0.3 is 5.32 Å². The molecular weight excluding hydrogens is 121 g/mol. The minimum absolute atomic E-state index is 0.207. The predicted molar refractivity (Wildman–Crippen MR) is 32.0 cm³/mol. The fraction of sp³-hybridized carbons (Fsp3) is 0.833. The average Bonchev–Trinajstić information content (AvgIpc) is 1.99. The summed E-state index contributed by atoms with van der Waals surface area (Å²) in [4.78, 5) is 10.6. The van der Waals surface area contributed by atoms with Gasteiger partial charge in [0.2, 0.25) is 0 Å². The molecule has 52 valence electrons. The molecule has 0 aliphatic carbocycles. The van der Waals surface area contributed by atoms with Crippen LogP contribution in [0.1, 0.15) is 12.8 Å². The Balaban J connectivity index is 2.41. The average molecular weight is 131 g/mol. The number of Topliss-reactive ketones (excluding diaryl/α,β-unsaturated/α-hetero) is 1. The van der Waals surface area contributed by atoms with E-state index in [0.29, 0.717) is 6.42 Å². The van der Waals surface area contributed by atoms with Gasteiger partial charge in [-0.2, -0.15) is 0 Å². The van der Waals surface area contributed by atoms with E-state index in [1.54, 1.807) is 0 Å². The van der Waals surface area contributed by atoms with Gasteiger partial charge in [-0.15, -0.1) is 0 Å². The van der Waals surface area contributed by atoms with Crippen LogP contribution in [0.5, 0.6) is 0 Å². The van der Waals surface area contributed by atoms with Crippen LogP contribution in [0.3, 0.4) is 0 Å². The highest BCUT2D eigenvalue weighted by atomic mass is 19.1. The number of rotatable bonds is 0. The molecule has 1 saturated heterocycles. The SMILES string of the molecule is O=C1CCCNC[C@H]1F. The van der Waals surface area contributed by atoms with Crippen molar-refractivity contribution < 1.29 is 9.18 Å². The molecule has 0 aromatic rings. The monoisotopic (exact) mass is 131 g/mol. The standard InChI is InChI=1S/C6H10FNO/c7-5-4-8-3-1-2-6(5)9/h5,8H,1-4H2/t5-/m1/s1. The number of carbonyl (C=O) groups is 1. The minimum Gasteiger partial charge on any atom is -0.313 e. The second-order valence-corrected chi connectivity index (χ2v) is 2.24. The third-order valence-corrected chi connectivity index (χ3v) is 1.45. The molecule has 1 atom stereocenters. The molecule has 0 aromatic heterocycles. The molecule has 2 nitrogen and oxygen atoms in total. The molecule has 0 spiro atoms. The lowest BCUT2D eigenvalue weighted by atomic mass is 10.2. The maximum atomic E-state index is 12.4. The van der Waals surface area contributed by atoms with Gasteiger partial charge in [-0.1, -0.05) is 0 Å². The molecule has 0 unspecified atom stereocenters. The highest BCUT2D eigenvalue weighted by Crippen LogP contribution is 2.02. The van der Waals surface area contributed by atoms with Crippen LogP contribution in [0, 0.1) is 0 Å². The second-order valence-electron chi connectivity index (χ2n) is 2.24. The molecule has 0 radical (unpaired) electrons. The third-order valence-electron chi connectivity index (χ3n) is 1.45. The summed E-state index contributed by atoms with van der Waals surface area (Å²) in [5.41, 5.74) is 0. The van der Waals surface area contributed by atoms with Gasteiger partial charge in [0.15, 0.2) is 12.0 Å². The lowest BCUT2D eigenvalue weighted by molar-refractivity contribution is -0.123. The first kappa shape index (κ1) is 6.68. The van der Waals surface area contributed by atoms with E-state index >= 15 is 0 Å². The van der Waals surface area contributed by atoms with Crippen LogP contribution in [0.25, 0.3) is 0 Å². The quantitative estimate of drug-likeness (QED) is 0.511. The first-order chi connectivity index (χ1) is 4.30. The summed E-state index contributed by atoms with van der Waals surface area (Å²) in [6, 6.07) is 0. The van der Waals surface area contributed by atoms with E-state index in [9.17, 15) is 9.18 Å². The van der Waals surface area contributed by atoms with Gasteiger partial charge >= 0.3 is 0 Å². The van der Waals surface area contributed by atoms with Crippen LogP contribution in [-0.4, -0.2) is 25.0 Å². The molecule has 1 fully saturated rings. The van der Waals surface area contributed by atoms with E-state index in [-0.39, 0.29) is 12.3 Å². The van der Waals surface area contributed by atoms with Crippen LogP contribution in [-0.2, 0) is 4.79 Å². The van der Waals surface area contributed by atoms with E-state index in [0.717, 1.165) is 13.0 Å². The molecule has 1 aliphatic rings. The molecular formula is C6H10FNO. The Labute approximate surface area is 53.4 Å². The van der Waals surface area contributed by atoms with E-state index in [2.05, 4.69) is 5.32 Å². The molecule has 1 rings (SSSR count). The van der Waals surface area contributed by atoms with Crippen molar-refractivity contribution in [3.05, 3.63) is 0 Å². The first-order valence-electron chi connectivity index (χ1n) is 3.18. The summed E-state index contributed by atoms with van der Waals surface area (Å²) in [5, 5.41) is 2.83. The zero-order chi connectivity index (χ0) is 6.69. The summed E-state index contributed by atoms with van der Waals surface area (Å²) in [5.74, 6) is -0.250. The Morgan fingerprint density at radius 1 is 1.67 bits per heavy atom. The zero-order valence-corrected chi connectivity index (χ0v) is 5.19. The van der Waals surface area contributed by atoms with Gasteiger partial charge in [-0.25, -0.2) is 4.39 Å². The fourth-order valence-corrected chi connectivity index (χ4v) is 0.887. The van der Waals surface area contributed by atoms with Crippen LogP contribution >= 0.6 is 0 Å². The van der Waals surface area contributed by atoms with Crippen LogP contribution < -0.4 is 5.32 Å². The van der Waals surface area contributed by atoms with Gasteiger partial charge in [0.25, 0.3) is 0 Å². The van der Waals surface area contributed by atoms with E-state index in [4.69, 9.17) is 0 Å². The topological polar surface area (TPSA) is 29.1 Å². The number of alkyl halides is 1. The smallest absolute Gasteiger partial charge is 0.170 e. The number of ketones is 1. The van der Waals surface area contributed by atoms with Crippen LogP contribution in [0.15, 0.2) is 0 Å². The molecule has 0 aromatic carbocycles. The van der Waals surface area contributed by atoms with Gasteiger partial charge in [0, 0.05) is 13.0 Å². The van der Waals surface area contributed by atoms with Crippen LogP contribution in [0.4, 0.5) is 4.39 Å². The van der Waals surface area contributed by atoms with Crippen molar-refractivity contribution in [3.63, 3.8) is 0 Å². The molecule has 3 heteroatoms. The van der Waals surface area contributed by atoms with Crippen molar-refractivity contribution in [2.75, 3.05) is 13.1 Å². The summed E-state index contributed by atoms with van der Waals surface area (Å²) in [6.07, 6.45) is -0.0829. The number of hydrogen-bond donors (Lipinski definition) is 1. The number of halogens is 1. The van der Waals surface area contributed by atoms with Gasteiger partial charge in [0.05, 0.1) is 0 Å². The maximum absolute atomic E-state index is 12.4. The molecule has 1 aliphatic heterocycles. The minimum atomic E-state index is -1.26. The van der Waals surface area contributed by atoms with Crippen molar-refractivity contribution >= 4 is 5.78 Å². The Bertz CT molecular complexity index is 116. The molecule has 0 amide bonds. The van der Waals surface area contributed by atoms with Crippen molar-refractivity contribution in [3.8, 4) is 0 Å². The van der Waals surface area contributed by atoms with Crippen molar-refractivity contribution in [2.45, 2.75) is 19.0 Å². The lowest BCUT2D eigenvalue weighted by Gasteiger charge is -1.99. The first-order valence-corrected chi connectivity index (χ1v) is 3.18. The van der Waals surface area contributed by atoms with E-state index in [1.807, 2.05) is 0 Å². The van der Waals surface area contributed by atoms with Gasteiger partial charge in [0.1, 0.15) is 0 Å². The Kier molecular flexibility index (Phi) is 2.16. The summed E-state index contributed by atoms with van der Waals surface area (Å²) >= 11 is 0. The van der Waals surface area contributed by atoms with Gasteiger partial charge in [-0.3, -0.25) is 4.79 Å². The molecule has 0 bridgehead atoms. The van der Waals surface area contributed by atoms with Crippen LogP contribution in [0.2, 0.25) is 0 Å². The summed E-state index contributed by atoms with van der Waals surface area (Å²) in [7, 11) is 0. The lowest BCUT2D eigenvalue weighted by Crippen LogP contribution is -2.25. The Hall–Kier alpha value is -0.440. The van der Waals surface area contributed by atoms with E-state index in [1.165, 1.54) is 0 Å². The highest BCUT2D eigenvalue weighted by Gasteiger charge is 2.18. The molecule has 1 N–H and O–H groups in total. The summed E-state index contributed by atoms with van der Waals surface area (Å²) in [6.45, 7) is 0.977. The second kappa shape index (κ2) is 2.92. The van der Waals surface area contributed by atoms with Crippen molar-refractivity contribution in [2.24, 2.45) is 0 Å². The zero-order valence-electron chi connectivity index (χ0n) is 5.19. The normalized spacial score (nSPS) is 29.9.